The molecule has 1 nitrogen and oxygen atoms in total. The van der Waals surface area contributed by atoms with E-state index in [1.807, 2.05) is 0 Å². The van der Waals surface area contributed by atoms with Crippen molar-refractivity contribution in [3.8, 4) is 0 Å². The van der Waals surface area contributed by atoms with Gasteiger partial charge in [0.15, 0.2) is 6.00 Å². The maximum Gasteiger partial charge on any atom is 0.154 e. The maximum atomic E-state index is 6.37. The summed E-state index contributed by atoms with van der Waals surface area (Å²) in [6.07, 6.45) is 13.5. The number of halogens is 1. The molecule has 0 bridgehead atoms. The quantitative estimate of drug-likeness (QED) is 0.160. The topological polar surface area (TPSA) is 0 Å². The molecule has 0 unspecified atom stereocenters. The predicted octanol–water partition coefficient (Wildman–Crippen LogP) is 5.96. The first-order valence-corrected chi connectivity index (χ1v) is 9.19. The number of rotatable bonds is 14. The molecule has 0 saturated carbocycles. The summed E-state index contributed by atoms with van der Waals surface area (Å²) < 4.78 is 1.17. The van der Waals surface area contributed by atoms with Gasteiger partial charge in [0.1, 0.15) is 0 Å². The summed E-state index contributed by atoms with van der Waals surface area (Å²) in [5, 5.41) is 0. The van der Waals surface area contributed by atoms with Gasteiger partial charge >= 0.3 is 0 Å². The lowest BCUT2D eigenvalue weighted by Gasteiger charge is -2.37. The molecule has 0 saturated heterocycles. The molecule has 0 amide bonds. The third-order valence-electron chi connectivity index (χ3n) is 4.21. The minimum atomic E-state index is 0.819. The number of nitrogens with zero attached hydrogens (tertiary/aromatic N) is 1. The Labute approximate surface area is 127 Å². The van der Waals surface area contributed by atoms with E-state index in [9.17, 15) is 0 Å². The van der Waals surface area contributed by atoms with Crippen LogP contribution in [0, 0.1) is 0 Å². The van der Waals surface area contributed by atoms with Crippen molar-refractivity contribution in [3.05, 3.63) is 0 Å². The minimum Gasteiger partial charge on any atom is -0.311 e. The number of hydrogen-bond donors (Lipinski definition) is 0. The highest BCUT2D eigenvalue weighted by molar-refractivity contribution is 6.16. The molecule has 0 rings (SSSR count). The van der Waals surface area contributed by atoms with E-state index in [1.54, 1.807) is 0 Å². The fourth-order valence-electron chi connectivity index (χ4n) is 2.78. The van der Waals surface area contributed by atoms with Gasteiger partial charge in [-0.25, -0.2) is 0 Å². The van der Waals surface area contributed by atoms with Gasteiger partial charge < -0.3 is 4.48 Å². The average molecular weight is 291 g/mol. The van der Waals surface area contributed by atoms with Crippen molar-refractivity contribution < 1.29 is 4.48 Å². The molecule has 2 heteroatoms. The smallest absolute Gasteiger partial charge is 0.154 e. The van der Waals surface area contributed by atoms with Gasteiger partial charge in [-0.2, -0.15) is 0 Å². The lowest BCUT2D eigenvalue weighted by molar-refractivity contribution is -0.918. The SMILES string of the molecule is CCCCCC[N+](CCl)(CCCCC)CCCCC. The molecule has 0 aromatic rings. The standard InChI is InChI=1S/C17H37ClN/c1-4-7-10-13-16-19(17-18,14-11-8-5-2)15-12-9-6-3/h4-17H2,1-3H3/q+1. The molecular formula is C17H37ClN+. The summed E-state index contributed by atoms with van der Waals surface area (Å²) in [5.41, 5.74) is 0. The Hall–Kier alpha value is 0.250. The summed E-state index contributed by atoms with van der Waals surface area (Å²) in [6, 6.07) is 0.819. The largest absolute Gasteiger partial charge is 0.311 e. The molecule has 0 fully saturated rings. The van der Waals surface area contributed by atoms with Crippen molar-refractivity contribution in [1.29, 1.82) is 0 Å². The van der Waals surface area contributed by atoms with Crippen molar-refractivity contribution in [1.82, 2.24) is 0 Å². The van der Waals surface area contributed by atoms with Gasteiger partial charge in [0, 0.05) is 0 Å². The number of unbranched alkanes of at least 4 members (excludes halogenated alkanes) is 7. The maximum absolute atomic E-state index is 6.37. The molecule has 19 heavy (non-hydrogen) atoms. The molecule has 0 aromatic carbocycles. The zero-order valence-corrected chi connectivity index (χ0v) is 14.5. The van der Waals surface area contributed by atoms with Gasteiger partial charge in [-0.15, -0.1) is 0 Å². The first-order valence-electron chi connectivity index (χ1n) is 8.65. The van der Waals surface area contributed by atoms with Crippen LogP contribution in [0.4, 0.5) is 0 Å². The molecule has 0 aliphatic rings. The second kappa shape index (κ2) is 13.2. The third kappa shape index (κ3) is 9.73. The first-order chi connectivity index (χ1) is 9.24. The van der Waals surface area contributed by atoms with E-state index < -0.39 is 0 Å². The fraction of sp³-hybridized carbons (Fsp3) is 1.00. The Balaban J connectivity index is 4.20. The Morgan fingerprint density at radius 3 is 1.32 bits per heavy atom. The zero-order chi connectivity index (χ0) is 14.4. The lowest BCUT2D eigenvalue weighted by Crippen LogP contribution is -2.49. The van der Waals surface area contributed by atoms with Crippen LogP contribution >= 0.6 is 11.6 Å². The normalized spacial score (nSPS) is 12.0. The number of quaternary nitrogens is 1. The lowest BCUT2D eigenvalue weighted by atomic mass is 10.1. The van der Waals surface area contributed by atoms with E-state index in [0.29, 0.717) is 0 Å². The van der Waals surface area contributed by atoms with Crippen LogP contribution in [-0.4, -0.2) is 30.1 Å². The van der Waals surface area contributed by atoms with Crippen LogP contribution in [0.25, 0.3) is 0 Å². The monoisotopic (exact) mass is 290 g/mol. The van der Waals surface area contributed by atoms with E-state index in [0.717, 1.165) is 6.00 Å². The molecule has 0 spiro atoms. The molecule has 116 valence electrons. The molecule has 0 aromatic heterocycles. The molecule has 0 aliphatic carbocycles. The van der Waals surface area contributed by atoms with Crippen LogP contribution < -0.4 is 0 Å². The first kappa shape index (κ1) is 19.2. The number of hydrogen-bond acceptors (Lipinski definition) is 0. The van der Waals surface area contributed by atoms with Gasteiger partial charge in [-0.3, -0.25) is 0 Å². The zero-order valence-electron chi connectivity index (χ0n) is 13.7. The van der Waals surface area contributed by atoms with E-state index in [1.165, 1.54) is 88.3 Å². The van der Waals surface area contributed by atoms with E-state index >= 15 is 0 Å². The van der Waals surface area contributed by atoms with Crippen LogP contribution in [-0.2, 0) is 0 Å². The summed E-state index contributed by atoms with van der Waals surface area (Å²) >= 11 is 6.37. The summed E-state index contributed by atoms with van der Waals surface area (Å²) in [5.74, 6) is 0. The Kier molecular flexibility index (Phi) is 13.4. The van der Waals surface area contributed by atoms with Crippen molar-refractivity contribution >= 4 is 11.6 Å². The molecule has 0 heterocycles. The predicted molar refractivity (Wildman–Crippen MR) is 88.8 cm³/mol. The Bertz CT molecular complexity index is 172. The van der Waals surface area contributed by atoms with E-state index in [-0.39, 0.29) is 0 Å². The second-order valence-corrected chi connectivity index (χ2v) is 6.35. The summed E-state index contributed by atoms with van der Waals surface area (Å²) in [6.45, 7) is 10.8. The van der Waals surface area contributed by atoms with E-state index in [4.69, 9.17) is 11.6 Å². The van der Waals surface area contributed by atoms with Gasteiger partial charge in [-0.05, 0) is 38.5 Å². The molecular weight excluding hydrogens is 254 g/mol. The molecule has 0 radical (unpaired) electrons. The van der Waals surface area contributed by atoms with Gasteiger partial charge in [-0.1, -0.05) is 58.1 Å². The second-order valence-electron chi connectivity index (χ2n) is 6.11. The highest BCUT2D eigenvalue weighted by atomic mass is 35.5. The average Bonchev–Trinajstić information content (AvgIpc) is 2.43. The van der Waals surface area contributed by atoms with Crippen molar-refractivity contribution in [2.45, 2.75) is 85.0 Å². The van der Waals surface area contributed by atoms with Crippen molar-refractivity contribution in [3.63, 3.8) is 0 Å². The highest BCUT2D eigenvalue weighted by Gasteiger charge is 2.24. The van der Waals surface area contributed by atoms with Gasteiger partial charge in [0.05, 0.1) is 19.6 Å². The number of alkyl halides is 1. The molecule has 0 atom stereocenters. The van der Waals surface area contributed by atoms with Crippen LogP contribution in [0.5, 0.6) is 0 Å². The molecule has 0 aliphatic heterocycles. The van der Waals surface area contributed by atoms with Crippen molar-refractivity contribution in [2.24, 2.45) is 0 Å². The van der Waals surface area contributed by atoms with Gasteiger partial charge in [0.25, 0.3) is 0 Å². The van der Waals surface area contributed by atoms with Crippen LogP contribution in [0.1, 0.15) is 85.0 Å². The van der Waals surface area contributed by atoms with Crippen LogP contribution in [0.3, 0.4) is 0 Å². The Morgan fingerprint density at radius 2 is 0.947 bits per heavy atom. The summed E-state index contributed by atoms with van der Waals surface area (Å²) in [4.78, 5) is 0. The van der Waals surface area contributed by atoms with Gasteiger partial charge in [0.2, 0.25) is 0 Å². The highest BCUT2D eigenvalue weighted by Crippen LogP contribution is 2.17. The van der Waals surface area contributed by atoms with E-state index in [2.05, 4.69) is 20.8 Å². The third-order valence-corrected chi connectivity index (χ3v) is 4.72. The summed E-state index contributed by atoms with van der Waals surface area (Å²) in [7, 11) is 0. The molecule has 0 N–H and O–H groups in total. The fourth-order valence-corrected chi connectivity index (χ4v) is 3.14. The van der Waals surface area contributed by atoms with Crippen molar-refractivity contribution in [2.75, 3.05) is 25.6 Å². The minimum absolute atomic E-state index is 0.819. The van der Waals surface area contributed by atoms with Crippen LogP contribution in [0.2, 0.25) is 0 Å². The Morgan fingerprint density at radius 1 is 0.579 bits per heavy atom. The van der Waals surface area contributed by atoms with Crippen LogP contribution in [0.15, 0.2) is 0 Å².